The normalized spacial score (nSPS) is 11.9. The van der Waals surface area contributed by atoms with Crippen LogP contribution in [0, 0.1) is 0 Å². The first-order valence-electron chi connectivity index (χ1n) is 25.5. The number of furan rings is 3. The van der Waals surface area contributed by atoms with E-state index in [0.29, 0.717) is 17.5 Å². The van der Waals surface area contributed by atoms with Gasteiger partial charge in [-0.2, -0.15) is 0 Å². The number of benzene rings is 11. The molecule has 0 atom stereocenters. The predicted molar refractivity (Wildman–Crippen MR) is 309 cm³/mol. The lowest BCUT2D eigenvalue weighted by Gasteiger charge is -2.10. The zero-order valence-corrected chi connectivity index (χ0v) is 40.6. The molecule has 0 aliphatic rings. The van der Waals surface area contributed by atoms with Crippen LogP contribution < -0.4 is 0 Å². The molecule has 7 nitrogen and oxygen atoms in total. The lowest BCUT2D eigenvalue weighted by atomic mass is 9.99. The predicted octanol–water partition coefficient (Wildman–Crippen LogP) is 18.7. The van der Waals surface area contributed by atoms with Gasteiger partial charge in [0.15, 0.2) is 17.5 Å². The Morgan fingerprint density at radius 2 is 0.803 bits per heavy atom. The fourth-order valence-electron chi connectivity index (χ4n) is 11.5. The van der Waals surface area contributed by atoms with Gasteiger partial charge < -0.3 is 17.8 Å². The van der Waals surface area contributed by atoms with E-state index in [2.05, 4.69) is 180 Å². The van der Waals surface area contributed by atoms with Gasteiger partial charge in [0.1, 0.15) is 33.5 Å². The molecule has 5 heterocycles. The molecule has 0 N–H and O–H groups in total. The molecule has 0 fully saturated rings. The zero-order valence-electron chi connectivity index (χ0n) is 40.6. The van der Waals surface area contributed by atoms with Gasteiger partial charge in [-0.1, -0.05) is 164 Å². The lowest BCUT2D eigenvalue weighted by molar-refractivity contribution is 0.668. The quantitative estimate of drug-likeness (QED) is 0.158. The average molecular weight is 973 g/mol. The number of fused-ring (bicyclic) bond motifs is 12. The molecule has 0 bridgehead atoms. The highest BCUT2D eigenvalue weighted by Crippen LogP contribution is 2.42. The van der Waals surface area contributed by atoms with E-state index in [0.717, 1.165) is 133 Å². The Balaban J connectivity index is 0.793. The van der Waals surface area contributed by atoms with E-state index >= 15 is 0 Å². The summed E-state index contributed by atoms with van der Waals surface area (Å²) in [6, 6.07) is 84.6. The van der Waals surface area contributed by atoms with Crippen molar-refractivity contribution in [2.45, 2.75) is 0 Å². The van der Waals surface area contributed by atoms with Crippen LogP contribution in [0.3, 0.4) is 0 Å². The van der Waals surface area contributed by atoms with Crippen molar-refractivity contribution < 1.29 is 13.3 Å². The highest BCUT2D eigenvalue weighted by atomic mass is 16.3. The summed E-state index contributed by atoms with van der Waals surface area (Å²) in [5.41, 5.74) is 17.5. The molecule has 0 spiro atoms. The molecule has 16 aromatic rings. The molecule has 16 rings (SSSR count). The van der Waals surface area contributed by atoms with E-state index in [4.69, 9.17) is 28.2 Å². The molecule has 0 saturated carbocycles. The van der Waals surface area contributed by atoms with E-state index in [1.807, 2.05) is 66.7 Å². The maximum absolute atomic E-state index is 6.61. The summed E-state index contributed by atoms with van der Waals surface area (Å²) in [5.74, 6) is 1.67. The number of para-hydroxylation sites is 3. The van der Waals surface area contributed by atoms with Crippen molar-refractivity contribution in [3.8, 4) is 73.2 Å². The molecule has 0 aliphatic heterocycles. The minimum Gasteiger partial charge on any atom is -0.456 e. The Morgan fingerprint density at radius 1 is 0.263 bits per heavy atom. The highest BCUT2D eigenvalue weighted by Gasteiger charge is 2.21. The van der Waals surface area contributed by atoms with Gasteiger partial charge in [0.2, 0.25) is 0 Å². The van der Waals surface area contributed by atoms with E-state index in [1.165, 1.54) is 10.8 Å². The van der Waals surface area contributed by atoms with Gasteiger partial charge in [-0.15, -0.1) is 0 Å². The topological polar surface area (TPSA) is 83.0 Å². The fourth-order valence-corrected chi connectivity index (χ4v) is 11.5. The van der Waals surface area contributed by atoms with E-state index in [1.54, 1.807) is 0 Å². The summed E-state index contributed by atoms with van der Waals surface area (Å²) in [6.07, 6.45) is 0. The first-order chi connectivity index (χ1) is 37.6. The Morgan fingerprint density at radius 3 is 1.63 bits per heavy atom. The van der Waals surface area contributed by atoms with Gasteiger partial charge in [-0.3, -0.25) is 0 Å². The van der Waals surface area contributed by atoms with Crippen molar-refractivity contribution in [1.82, 2.24) is 19.5 Å². The number of hydrogen-bond donors (Lipinski definition) is 0. The molecule has 0 aliphatic carbocycles. The molecule has 0 radical (unpaired) electrons. The van der Waals surface area contributed by atoms with Crippen molar-refractivity contribution in [3.05, 3.63) is 243 Å². The third kappa shape index (κ3) is 6.66. The van der Waals surface area contributed by atoms with Crippen LogP contribution in [-0.4, -0.2) is 19.5 Å². The van der Waals surface area contributed by atoms with Crippen LogP contribution >= 0.6 is 0 Å². The number of nitrogens with zero attached hydrogens (tertiary/aromatic N) is 4. The van der Waals surface area contributed by atoms with Gasteiger partial charge in [0, 0.05) is 71.0 Å². The molecule has 354 valence electrons. The van der Waals surface area contributed by atoms with Crippen LogP contribution in [0.2, 0.25) is 0 Å². The fraction of sp³-hybridized carbons (Fsp3) is 0. The second kappa shape index (κ2) is 16.6. The van der Waals surface area contributed by atoms with Crippen LogP contribution in [-0.2, 0) is 0 Å². The first-order valence-corrected chi connectivity index (χ1v) is 25.5. The van der Waals surface area contributed by atoms with E-state index in [9.17, 15) is 0 Å². The van der Waals surface area contributed by atoms with Crippen LogP contribution in [0.25, 0.3) is 161 Å². The van der Waals surface area contributed by atoms with Crippen LogP contribution in [0.5, 0.6) is 0 Å². The maximum atomic E-state index is 6.61. The molecule has 11 aromatic carbocycles. The number of rotatable bonds is 7. The minimum absolute atomic E-state index is 0.547. The van der Waals surface area contributed by atoms with Crippen molar-refractivity contribution in [2.75, 3.05) is 0 Å². The Kier molecular flexibility index (Phi) is 9.20. The molecule has 0 unspecified atom stereocenters. The first kappa shape index (κ1) is 42.2. The van der Waals surface area contributed by atoms with E-state index in [-0.39, 0.29) is 0 Å². The summed E-state index contributed by atoms with van der Waals surface area (Å²) in [4.78, 5) is 15.5. The molecule has 0 amide bonds. The molecule has 5 aromatic heterocycles. The third-order valence-corrected chi connectivity index (χ3v) is 15.1. The van der Waals surface area contributed by atoms with Gasteiger partial charge in [0.05, 0.1) is 11.0 Å². The summed E-state index contributed by atoms with van der Waals surface area (Å²) in [6.45, 7) is 0. The Bertz CT molecular complexity index is 4990. The standard InChI is InChI=1S/C69H40N4O3/c1-3-13-41(14-4-1)44-29-35-61-56(38-44)52-33-27-47(40-64(52)75-61)68-70-67(43-15-5-2-6-16-43)71-69(72-68)54-21-12-24-63-65(54)57-39-46(30-36-62(57)74-63)45-28-34-59-55(37-45)50-17-7-9-22-58(50)73(59)48-31-25-42(26-32-48)49-19-11-20-53-51-18-8-10-23-60(51)76-66(49)53/h1-40H. The second-order valence-electron chi connectivity index (χ2n) is 19.5. The Labute approximate surface area is 434 Å². The molecule has 7 heteroatoms. The summed E-state index contributed by atoms with van der Waals surface area (Å²) in [5, 5.41) is 8.62. The molecular formula is C69H40N4O3. The maximum Gasteiger partial charge on any atom is 0.164 e. The number of aromatic nitrogens is 4. The number of hydrogen-bond acceptors (Lipinski definition) is 6. The monoisotopic (exact) mass is 972 g/mol. The zero-order chi connectivity index (χ0) is 49.8. The van der Waals surface area contributed by atoms with Gasteiger partial charge in [-0.25, -0.2) is 15.0 Å². The van der Waals surface area contributed by atoms with Crippen molar-refractivity contribution in [3.63, 3.8) is 0 Å². The minimum atomic E-state index is 0.547. The van der Waals surface area contributed by atoms with Gasteiger partial charge in [0.25, 0.3) is 0 Å². The average Bonchev–Trinajstić information content (AvgIpc) is 4.30. The molecular weight excluding hydrogens is 933 g/mol. The molecule has 0 saturated heterocycles. The van der Waals surface area contributed by atoms with Gasteiger partial charge >= 0.3 is 0 Å². The highest BCUT2D eigenvalue weighted by molar-refractivity contribution is 6.15. The SMILES string of the molecule is c1ccc(-c2ccc3oc4cc(-c5nc(-c6ccccc6)nc(-c6cccc7oc8ccc(-c9ccc%10c(c9)c9ccccc9n%10-c9ccc(-c%10cccc%11c%10oc%10ccccc%10%11)cc9)cc8c67)n5)ccc4c3c2)cc1. The van der Waals surface area contributed by atoms with Crippen molar-refractivity contribution in [1.29, 1.82) is 0 Å². The van der Waals surface area contributed by atoms with Crippen LogP contribution in [0.15, 0.2) is 256 Å². The molecule has 76 heavy (non-hydrogen) atoms. The van der Waals surface area contributed by atoms with Crippen LogP contribution in [0.4, 0.5) is 0 Å². The lowest BCUT2D eigenvalue weighted by Crippen LogP contribution is -2.00. The smallest absolute Gasteiger partial charge is 0.164 e. The summed E-state index contributed by atoms with van der Waals surface area (Å²) < 4.78 is 21.9. The van der Waals surface area contributed by atoms with Crippen LogP contribution in [0.1, 0.15) is 0 Å². The van der Waals surface area contributed by atoms with Crippen molar-refractivity contribution >= 4 is 87.6 Å². The van der Waals surface area contributed by atoms with Crippen molar-refractivity contribution in [2.24, 2.45) is 0 Å². The van der Waals surface area contributed by atoms with Gasteiger partial charge in [-0.05, 0) is 107 Å². The van der Waals surface area contributed by atoms with E-state index < -0.39 is 0 Å². The largest absolute Gasteiger partial charge is 0.456 e. The Hall–Kier alpha value is -10.4. The summed E-state index contributed by atoms with van der Waals surface area (Å²) in [7, 11) is 0. The summed E-state index contributed by atoms with van der Waals surface area (Å²) >= 11 is 0. The second-order valence-corrected chi connectivity index (χ2v) is 19.5. The third-order valence-electron chi connectivity index (χ3n) is 15.1.